The Kier molecular flexibility index (Phi) is 5.62. The quantitative estimate of drug-likeness (QED) is 0.767. The summed E-state index contributed by atoms with van der Waals surface area (Å²) in [7, 11) is 0. The molecule has 1 aromatic heterocycles. The minimum absolute atomic E-state index is 0.758. The number of nitrogens with one attached hydrogen (secondary N) is 1. The first kappa shape index (κ1) is 17.2. The Morgan fingerprint density at radius 1 is 1.04 bits per heavy atom. The van der Waals surface area contributed by atoms with E-state index in [0.29, 0.717) is 0 Å². The van der Waals surface area contributed by atoms with Gasteiger partial charge in [0.25, 0.3) is 0 Å². The number of morpholine rings is 1. The van der Waals surface area contributed by atoms with Gasteiger partial charge in [0.15, 0.2) is 0 Å². The van der Waals surface area contributed by atoms with Crippen LogP contribution in [0, 0.1) is 0 Å². The number of fused-ring (bicyclic) bond motifs is 1. The molecule has 1 saturated heterocycles. The lowest BCUT2D eigenvalue weighted by Gasteiger charge is -2.26. The summed E-state index contributed by atoms with van der Waals surface area (Å²) in [4.78, 5) is 13.7. The van der Waals surface area contributed by atoms with E-state index in [-0.39, 0.29) is 0 Å². The molecule has 2 aromatic rings. The van der Waals surface area contributed by atoms with Crippen LogP contribution in [0.4, 0.5) is 11.6 Å². The van der Waals surface area contributed by atoms with Crippen LogP contribution in [0.25, 0.3) is 0 Å². The first-order valence-corrected chi connectivity index (χ1v) is 9.57. The fraction of sp³-hybridized carbons (Fsp3) is 0.500. The average Bonchev–Trinajstić information content (AvgIpc) is 3.12. The second-order valence-corrected chi connectivity index (χ2v) is 6.89. The van der Waals surface area contributed by atoms with Gasteiger partial charge in [-0.3, -0.25) is 0 Å². The van der Waals surface area contributed by atoms with E-state index in [1.54, 1.807) is 0 Å². The second-order valence-electron chi connectivity index (χ2n) is 6.89. The minimum atomic E-state index is 0.758. The van der Waals surface area contributed by atoms with Crippen molar-refractivity contribution in [2.24, 2.45) is 0 Å². The lowest BCUT2D eigenvalue weighted by Crippen LogP contribution is -2.37. The van der Waals surface area contributed by atoms with Crippen LogP contribution in [0.5, 0.6) is 0 Å². The van der Waals surface area contributed by atoms with E-state index in [1.807, 2.05) is 12.4 Å². The second kappa shape index (κ2) is 8.47. The summed E-state index contributed by atoms with van der Waals surface area (Å²) < 4.78 is 5.37. The molecule has 1 N–H and O–H groups in total. The highest BCUT2D eigenvalue weighted by Gasteiger charge is 2.17. The Labute approximate surface area is 155 Å². The van der Waals surface area contributed by atoms with Crippen molar-refractivity contribution in [1.82, 2.24) is 15.3 Å². The fourth-order valence-electron chi connectivity index (χ4n) is 3.63. The number of nitrogens with zero attached hydrogens (tertiary/aromatic N) is 4. The molecule has 1 aromatic carbocycles. The summed E-state index contributed by atoms with van der Waals surface area (Å²) >= 11 is 0. The molecular formula is C20H27N5O. The third-order valence-electron chi connectivity index (χ3n) is 5.08. The van der Waals surface area contributed by atoms with E-state index in [1.165, 1.54) is 17.7 Å². The first-order chi connectivity index (χ1) is 12.9. The molecule has 0 aliphatic carbocycles. The normalized spacial score (nSPS) is 16.8. The van der Waals surface area contributed by atoms with Crippen LogP contribution in [-0.4, -0.2) is 55.9 Å². The molecule has 138 valence electrons. The van der Waals surface area contributed by atoms with Crippen molar-refractivity contribution in [3.8, 4) is 0 Å². The van der Waals surface area contributed by atoms with Crippen LogP contribution in [0.3, 0.4) is 0 Å². The van der Waals surface area contributed by atoms with E-state index >= 15 is 0 Å². The van der Waals surface area contributed by atoms with Gasteiger partial charge < -0.3 is 19.9 Å². The van der Waals surface area contributed by atoms with Crippen molar-refractivity contribution in [3.05, 3.63) is 47.8 Å². The van der Waals surface area contributed by atoms with Gasteiger partial charge in [-0.1, -0.05) is 18.2 Å². The zero-order chi connectivity index (χ0) is 17.6. The van der Waals surface area contributed by atoms with E-state index in [2.05, 4.69) is 49.4 Å². The van der Waals surface area contributed by atoms with E-state index in [0.717, 1.165) is 70.4 Å². The summed E-state index contributed by atoms with van der Waals surface area (Å²) in [6, 6.07) is 8.75. The number of rotatable bonds is 7. The Balaban J connectivity index is 1.17. The topological polar surface area (TPSA) is 53.5 Å². The fourth-order valence-corrected chi connectivity index (χ4v) is 3.63. The Morgan fingerprint density at radius 3 is 2.69 bits per heavy atom. The number of hydrogen-bond donors (Lipinski definition) is 1. The number of benzene rings is 1. The predicted molar refractivity (Wildman–Crippen MR) is 104 cm³/mol. The van der Waals surface area contributed by atoms with Gasteiger partial charge in [-0.2, -0.15) is 0 Å². The average molecular weight is 353 g/mol. The molecule has 0 spiro atoms. The number of para-hydroxylation sites is 1. The lowest BCUT2D eigenvalue weighted by molar-refractivity contribution is 0.122. The summed E-state index contributed by atoms with van der Waals surface area (Å²) in [5.74, 6) is 0.810. The van der Waals surface area contributed by atoms with Crippen molar-refractivity contribution in [2.45, 2.75) is 19.4 Å². The monoisotopic (exact) mass is 353 g/mol. The van der Waals surface area contributed by atoms with Crippen molar-refractivity contribution in [3.63, 3.8) is 0 Å². The summed E-state index contributed by atoms with van der Waals surface area (Å²) in [5, 5.41) is 3.51. The van der Waals surface area contributed by atoms with E-state index in [9.17, 15) is 0 Å². The number of hydrogen-bond acceptors (Lipinski definition) is 6. The summed E-state index contributed by atoms with van der Waals surface area (Å²) in [6.45, 7) is 7.34. The Bertz CT molecular complexity index is 700. The molecule has 6 heteroatoms. The molecule has 0 atom stereocenters. The molecule has 0 amide bonds. The van der Waals surface area contributed by atoms with E-state index < -0.39 is 0 Å². The van der Waals surface area contributed by atoms with Gasteiger partial charge in [-0.25, -0.2) is 9.97 Å². The molecule has 0 saturated carbocycles. The van der Waals surface area contributed by atoms with Crippen LogP contribution in [0.2, 0.25) is 0 Å². The van der Waals surface area contributed by atoms with Crippen LogP contribution < -0.4 is 15.1 Å². The molecule has 2 aliphatic rings. The van der Waals surface area contributed by atoms with Gasteiger partial charge in [-0.15, -0.1) is 0 Å². The molecule has 1 fully saturated rings. The summed E-state index contributed by atoms with van der Waals surface area (Å²) in [6.07, 6.45) is 6.18. The highest BCUT2D eigenvalue weighted by atomic mass is 16.5. The molecule has 0 bridgehead atoms. The molecule has 6 nitrogen and oxygen atoms in total. The van der Waals surface area contributed by atoms with Crippen LogP contribution in [0.15, 0.2) is 36.7 Å². The maximum atomic E-state index is 5.37. The number of aromatic nitrogens is 2. The number of anilines is 2. The third-order valence-corrected chi connectivity index (χ3v) is 5.08. The van der Waals surface area contributed by atoms with Gasteiger partial charge >= 0.3 is 0 Å². The SMILES string of the molecule is c1ccc2c(c1)CCN2CCCNCc1cnc(N2CCOCC2)nc1. The van der Waals surface area contributed by atoms with Gasteiger partial charge in [0, 0.05) is 56.4 Å². The molecule has 3 heterocycles. The minimum Gasteiger partial charge on any atom is -0.378 e. The Morgan fingerprint density at radius 2 is 1.85 bits per heavy atom. The van der Waals surface area contributed by atoms with Crippen LogP contribution in [-0.2, 0) is 17.7 Å². The third kappa shape index (κ3) is 4.14. The highest BCUT2D eigenvalue weighted by Crippen LogP contribution is 2.27. The zero-order valence-electron chi connectivity index (χ0n) is 15.2. The van der Waals surface area contributed by atoms with Crippen LogP contribution >= 0.6 is 0 Å². The molecule has 26 heavy (non-hydrogen) atoms. The van der Waals surface area contributed by atoms with Crippen LogP contribution in [0.1, 0.15) is 17.5 Å². The number of ether oxygens (including phenoxy) is 1. The van der Waals surface area contributed by atoms with E-state index in [4.69, 9.17) is 4.74 Å². The maximum absolute atomic E-state index is 5.37. The van der Waals surface area contributed by atoms with Gasteiger partial charge in [-0.05, 0) is 31.0 Å². The van der Waals surface area contributed by atoms with Gasteiger partial charge in [0.1, 0.15) is 0 Å². The largest absolute Gasteiger partial charge is 0.378 e. The Hall–Kier alpha value is -2.18. The van der Waals surface area contributed by atoms with Crippen molar-refractivity contribution >= 4 is 11.6 Å². The predicted octanol–water partition coefficient (Wildman–Crippen LogP) is 1.86. The molecule has 0 radical (unpaired) electrons. The van der Waals surface area contributed by atoms with Gasteiger partial charge in [0.2, 0.25) is 5.95 Å². The molecule has 4 rings (SSSR count). The van der Waals surface area contributed by atoms with Crippen molar-refractivity contribution in [2.75, 3.05) is 55.7 Å². The zero-order valence-corrected chi connectivity index (χ0v) is 15.2. The molecule has 2 aliphatic heterocycles. The maximum Gasteiger partial charge on any atom is 0.225 e. The smallest absolute Gasteiger partial charge is 0.225 e. The highest BCUT2D eigenvalue weighted by molar-refractivity contribution is 5.57. The lowest BCUT2D eigenvalue weighted by atomic mass is 10.2. The standard InChI is InChI=1S/C20H27N5O/c1-2-5-19-18(4-1)6-9-24(19)8-3-7-21-14-17-15-22-20(23-16-17)25-10-12-26-13-11-25/h1-2,4-5,15-16,21H,3,6-14H2. The van der Waals surface area contributed by atoms with Gasteiger partial charge in [0.05, 0.1) is 13.2 Å². The molecular weight excluding hydrogens is 326 g/mol. The van der Waals surface area contributed by atoms with Crippen molar-refractivity contribution in [1.29, 1.82) is 0 Å². The summed E-state index contributed by atoms with van der Waals surface area (Å²) in [5.41, 5.74) is 4.03. The molecule has 0 unspecified atom stereocenters. The van der Waals surface area contributed by atoms with Crippen molar-refractivity contribution < 1.29 is 4.74 Å². The first-order valence-electron chi connectivity index (χ1n) is 9.57.